The molecule has 0 radical (unpaired) electrons. The highest BCUT2D eigenvalue weighted by molar-refractivity contribution is 9.10. The molecule has 0 saturated heterocycles. The van der Waals surface area contributed by atoms with Crippen molar-refractivity contribution in [1.29, 1.82) is 0 Å². The molecule has 5 heteroatoms. The maximum Gasteiger partial charge on any atom is 0.254 e. The fourth-order valence-electron chi connectivity index (χ4n) is 2.25. The molecule has 1 aliphatic carbocycles. The van der Waals surface area contributed by atoms with E-state index in [2.05, 4.69) is 38.4 Å². The van der Waals surface area contributed by atoms with Gasteiger partial charge < -0.3 is 5.32 Å². The second kappa shape index (κ2) is 5.54. The molecule has 0 aliphatic heterocycles. The van der Waals surface area contributed by atoms with Gasteiger partial charge in [-0.25, -0.2) is 4.98 Å². The largest absolute Gasteiger partial charge is 0.349 e. The van der Waals surface area contributed by atoms with Crippen molar-refractivity contribution in [2.24, 2.45) is 0 Å². The molecule has 3 nitrogen and oxygen atoms in total. The monoisotopic (exact) mass is 350 g/mol. The number of benzene rings is 1. The average Bonchev–Trinajstić information content (AvgIpc) is 3.21. The summed E-state index contributed by atoms with van der Waals surface area (Å²) in [7, 11) is 0. The van der Waals surface area contributed by atoms with Crippen molar-refractivity contribution in [3.8, 4) is 0 Å². The Morgan fingerprint density at radius 1 is 1.35 bits per heavy atom. The molecule has 102 valence electrons. The quantitative estimate of drug-likeness (QED) is 0.855. The lowest BCUT2D eigenvalue weighted by Crippen LogP contribution is -2.27. The van der Waals surface area contributed by atoms with Gasteiger partial charge in [-0.15, -0.1) is 0 Å². The van der Waals surface area contributed by atoms with E-state index < -0.39 is 0 Å². The number of nitrogens with one attached hydrogen (secondary N) is 1. The van der Waals surface area contributed by atoms with Crippen molar-refractivity contribution in [2.75, 3.05) is 0 Å². The minimum Gasteiger partial charge on any atom is -0.349 e. The molecule has 1 fully saturated rings. The van der Waals surface area contributed by atoms with E-state index in [1.165, 1.54) is 5.56 Å². The maximum atomic E-state index is 12.2. The fraction of sp³-hybridized carbons (Fsp3) is 0.200. The molecule has 1 saturated carbocycles. The molecule has 0 bridgehead atoms. The standard InChI is InChI=1S/C15H12BrClN2O/c16-10-6-12(14(17)18-8-10)15(20)19-13-7-11(13)9-4-2-1-3-5-9/h1-6,8,11,13H,7H2,(H,19,20). The summed E-state index contributed by atoms with van der Waals surface area (Å²) in [5, 5.41) is 3.23. The Hall–Kier alpha value is -1.39. The molecule has 2 unspecified atom stereocenters. The molecule has 1 heterocycles. The van der Waals surface area contributed by atoms with E-state index in [-0.39, 0.29) is 17.1 Å². The van der Waals surface area contributed by atoms with Gasteiger partial charge in [-0.1, -0.05) is 41.9 Å². The van der Waals surface area contributed by atoms with Gasteiger partial charge in [0.1, 0.15) is 5.15 Å². The van der Waals surface area contributed by atoms with Crippen LogP contribution in [0.25, 0.3) is 0 Å². The Labute approximate surface area is 130 Å². The van der Waals surface area contributed by atoms with Crippen molar-refractivity contribution >= 4 is 33.4 Å². The number of hydrogen-bond acceptors (Lipinski definition) is 2. The highest BCUT2D eigenvalue weighted by atomic mass is 79.9. The lowest BCUT2D eigenvalue weighted by Gasteiger charge is -2.06. The SMILES string of the molecule is O=C(NC1CC1c1ccccc1)c1cc(Br)cnc1Cl. The van der Waals surface area contributed by atoms with Crippen LogP contribution < -0.4 is 5.32 Å². The maximum absolute atomic E-state index is 12.2. The molecule has 1 aromatic heterocycles. The first-order valence-corrected chi connectivity index (χ1v) is 7.49. The van der Waals surface area contributed by atoms with Crippen molar-refractivity contribution in [1.82, 2.24) is 10.3 Å². The summed E-state index contributed by atoms with van der Waals surface area (Å²) in [6, 6.07) is 12.1. The summed E-state index contributed by atoms with van der Waals surface area (Å²) in [4.78, 5) is 16.2. The third-order valence-electron chi connectivity index (χ3n) is 3.38. The van der Waals surface area contributed by atoms with E-state index in [4.69, 9.17) is 11.6 Å². The van der Waals surface area contributed by atoms with Crippen molar-refractivity contribution in [2.45, 2.75) is 18.4 Å². The number of carbonyl (C=O) groups is 1. The number of rotatable bonds is 3. The Bertz CT molecular complexity index is 648. The van der Waals surface area contributed by atoms with Gasteiger partial charge in [0.2, 0.25) is 0 Å². The lowest BCUT2D eigenvalue weighted by molar-refractivity contribution is 0.0950. The van der Waals surface area contributed by atoms with Crippen LogP contribution in [0.1, 0.15) is 28.3 Å². The van der Waals surface area contributed by atoms with Gasteiger partial charge in [-0.05, 0) is 34.0 Å². The average molecular weight is 352 g/mol. The predicted octanol–water partition coefficient (Wildman–Crippen LogP) is 3.78. The summed E-state index contributed by atoms with van der Waals surface area (Å²) in [6.07, 6.45) is 2.54. The van der Waals surface area contributed by atoms with Crippen LogP contribution in [0.5, 0.6) is 0 Å². The topological polar surface area (TPSA) is 42.0 Å². The van der Waals surface area contributed by atoms with Crippen molar-refractivity contribution < 1.29 is 4.79 Å². The number of amides is 1. The molecular weight excluding hydrogens is 340 g/mol. The van der Waals surface area contributed by atoms with E-state index in [0.717, 1.165) is 10.9 Å². The van der Waals surface area contributed by atoms with Gasteiger partial charge in [-0.3, -0.25) is 4.79 Å². The molecule has 20 heavy (non-hydrogen) atoms. The third-order valence-corrected chi connectivity index (χ3v) is 4.12. The zero-order valence-electron chi connectivity index (χ0n) is 10.5. The highest BCUT2D eigenvalue weighted by Gasteiger charge is 2.39. The minimum absolute atomic E-state index is 0.174. The molecule has 0 spiro atoms. The van der Waals surface area contributed by atoms with Gasteiger partial charge in [0.15, 0.2) is 0 Å². The van der Waals surface area contributed by atoms with Crippen LogP contribution >= 0.6 is 27.5 Å². The molecule has 1 N–H and O–H groups in total. The van der Waals surface area contributed by atoms with Gasteiger partial charge in [-0.2, -0.15) is 0 Å². The Morgan fingerprint density at radius 3 is 2.85 bits per heavy atom. The van der Waals surface area contributed by atoms with Crippen LogP contribution in [-0.4, -0.2) is 16.9 Å². The third kappa shape index (κ3) is 2.86. The number of carbonyl (C=O) groups excluding carboxylic acids is 1. The van der Waals surface area contributed by atoms with E-state index in [0.29, 0.717) is 11.5 Å². The lowest BCUT2D eigenvalue weighted by atomic mass is 10.1. The smallest absolute Gasteiger partial charge is 0.254 e. The van der Waals surface area contributed by atoms with E-state index in [1.807, 2.05) is 18.2 Å². The van der Waals surface area contributed by atoms with Crippen LogP contribution in [0.2, 0.25) is 5.15 Å². The summed E-state index contributed by atoms with van der Waals surface area (Å²) in [5.41, 5.74) is 1.66. The summed E-state index contributed by atoms with van der Waals surface area (Å²) >= 11 is 9.25. The minimum atomic E-state index is -0.174. The number of nitrogens with zero attached hydrogens (tertiary/aromatic N) is 1. The first-order chi connectivity index (χ1) is 9.65. The van der Waals surface area contributed by atoms with Gasteiger partial charge in [0.25, 0.3) is 5.91 Å². The number of halogens is 2. The Kier molecular flexibility index (Phi) is 3.76. The van der Waals surface area contributed by atoms with Crippen molar-refractivity contribution in [3.05, 3.63) is 63.3 Å². The van der Waals surface area contributed by atoms with Crippen LogP contribution in [0.3, 0.4) is 0 Å². The second-order valence-electron chi connectivity index (χ2n) is 4.82. The molecule has 3 rings (SSSR count). The Balaban J connectivity index is 1.68. The first-order valence-electron chi connectivity index (χ1n) is 6.32. The van der Waals surface area contributed by atoms with Crippen LogP contribution in [0, 0.1) is 0 Å². The molecule has 1 aromatic carbocycles. The first kappa shape index (κ1) is 13.6. The van der Waals surface area contributed by atoms with Crippen LogP contribution in [-0.2, 0) is 0 Å². The zero-order chi connectivity index (χ0) is 14.1. The van der Waals surface area contributed by atoms with E-state index >= 15 is 0 Å². The molecule has 2 aromatic rings. The van der Waals surface area contributed by atoms with Crippen molar-refractivity contribution in [3.63, 3.8) is 0 Å². The van der Waals surface area contributed by atoms with Gasteiger partial charge >= 0.3 is 0 Å². The van der Waals surface area contributed by atoms with Crippen LogP contribution in [0.4, 0.5) is 0 Å². The summed E-state index contributed by atoms with van der Waals surface area (Å²) in [5.74, 6) is 0.228. The highest BCUT2D eigenvalue weighted by Crippen LogP contribution is 2.40. The summed E-state index contributed by atoms with van der Waals surface area (Å²) < 4.78 is 0.738. The normalized spacial score (nSPS) is 20.5. The van der Waals surface area contributed by atoms with E-state index in [1.54, 1.807) is 12.3 Å². The van der Waals surface area contributed by atoms with Crippen LogP contribution in [0.15, 0.2) is 47.1 Å². The molecule has 2 atom stereocenters. The Morgan fingerprint density at radius 2 is 2.10 bits per heavy atom. The van der Waals surface area contributed by atoms with Gasteiger partial charge in [0.05, 0.1) is 5.56 Å². The molecule has 1 amide bonds. The van der Waals surface area contributed by atoms with E-state index in [9.17, 15) is 4.79 Å². The van der Waals surface area contributed by atoms with Gasteiger partial charge in [0, 0.05) is 22.6 Å². The summed E-state index contributed by atoms with van der Waals surface area (Å²) in [6.45, 7) is 0. The number of hydrogen-bond donors (Lipinski definition) is 1. The molecule has 1 aliphatic rings. The fourth-order valence-corrected chi connectivity index (χ4v) is 2.77. The number of pyridine rings is 1. The second-order valence-corrected chi connectivity index (χ2v) is 6.10. The number of aromatic nitrogens is 1. The zero-order valence-corrected chi connectivity index (χ0v) is 12.9. The predicted molar refractivity (Wildman–Crippen MR) is 82.0 cm³/mol. The molecular formula is C15H12BrClN2O.